The lowest BCUT2D eigenvalue weighted by atomic mass is 9.88. The zero-order valence-electron chi connectivity index (χ0n) is 11.4. The molecule has 0 radical (unpaired) electrons. The lowest BCUT2D eigenvalue weighted by Gasteiger charge is -2.31. The van der Waals surface area contributed by atoms with Crippen LogP contribution in [0.5, 0.6) is 0 Å². The summed E-state index contributed by atoms with van der Waals surface area (Å²) in [6, 6.07) is 0.355. The first kappa shape index (κ1) is 13.8. The van der Waals surface area contributed by atoms with E-state index < -0.39 is 11.5 Å². The minimum absolute atomic E-state index is 0.355. The summed E-state index contributed by atoms with van der Waals surface area (Å²) >= 11 is 0. The Labute approximate surface area is 110 Å². The van der Waals surface area contributed by atoms with Crippen LogP contribution >= 0.6 is 0 Å². The molecule has 104 valence electrons. The third-order valence-corrected chi connectivity index (χ3v) is 4.84. The van der Waals surface area contributed by atoms with Gasteiger partial charge in [0.05, 0.1) is 0 Å². The van der Waals surface area contributed by atoms with Crippen LogP contribution in [0.3, 0.4) is 0 Å². The second kappa shape index (κ2) is 5.57. The summed E-state index contributed by atoms with van der Waals surface area (Å²) < 4.78 is 0. The molecule has 0 aromatic carbocycles. The van der Waals surface area contributed by atoms with Gasteiger partial charge in [0.2, 0.25) is 0 Å². The van der Waals surface area contributed by atoms with Crippen LogP contribution < -0.4 is 5.73 Å². The lowest BCUT2D eigenvalue weighted by molar-refractivity contribution is -0.143. The van der Waals surface area contributed by atoms with Gasteiger partial charge in [0, 0.05) is 12.6 Å². The first-order valence-electron chi connectivity index (χ1n) is 7.24. The minimum atomic E-state index is -0.981. The predicted molar refractivity (Wildman–Crippen MR) is 71.4 cm³/mol. The van der Waals surface area contributed by atoms with Gasteiger partial charge in [-0.2, -0.15) is 0 Å². The van der Waals surface area contributed by atoms with Gasteiger partial charge in [0.25, 0.3) is 0 Å². The van der Waals surface area contributed by atoms with Crippen molar-refractivity contribution in [3.63, 3.8) is 0 Å². The number of rotatable bonds is 4. The average Bonchev–Trinajstić information content (AvgIpc) is 2.75. The van der Waals surface area contributed by atoms with Crippen molar-refractivity contribution in [3.8, 4) is 0 Å². The van der Waals surface area contributed by atoms with Crippen LogP contribution in [-0.4, -0.2) is 41.1 Å². The molecule has 2 aliphatic rings. The molecule has 0 bridgehead atoms. The molecule has 0 heterocycles. The monoisotopic (exact) mass is 254 g/mol. The molecule has 2 aliphatic carbocycles. The molecular weight excluding hydrogens is 228 g/mol. The molecule has 4 nitrogen and oxygen atoms in total. The molecule has 0 amide bonds. The standard InChI is InChI=1S/C14H26N2O2/c1-16(10-11-5-3-2-4-6-11)12-7-8-14(15,9-12)13(17)18/h11-12H,2-10,15H2,1H3,(H,17,18). The van der Waals surface area contributed by atoms with Crippen LogP contribution in [0.15, 0.2) is 0 Å². The zero-order chi connectivity index (χ0) is 13.2. The molecule has 18 heavy (non-hydrogen) atoms. The van der Waals surface area contributed by atoms with E-state index in [1.165, 1.54) is 32.1 Å². The number of nitrogens with two attached hydrogens (primary N) is 1. The Kier molecular flexibility index (Phi) is 4.28. The number of carboxylic acid groups (broad SMARTS) is 1. The van der Waals surface area contributed by atoms with E-state index in [4.69, 9.17) is 10.8 Å². The second-order valence-electron chi connectivity index (χ2n) is 6.30. The zero-order valence-corrected chi connectivity index (χ0v) is 11.4. The molecule has 0 saturated heterocycles. The van der Waals surface area contributed by atoms with Gasteiger partial charge in [0.15, 0.2) is 0 Å². The van der Waals surface area contributed by atoms with E-state index in [0.717, 1.165) is 18.9 Å². The van der Waals surface area contributed by atoms with Crippen molar-refractivity contribution in [2.45, 2.75) is 62.9 Å². The Balaban J connectivity index is 1.83. The van der Waals surface area contributed by atoms with E-state index in [1.54, 1.807) is 0 Å². The first-order valence-corrected chi connectivity index (χ1v) is 7.24. The summed E-state index contributed by atoms with van der Waals surface area (Å²) in [6.45, 7) is 1.11. The third-order valence-electron chi connectivity index (χ3n) is 4.84. The van der Waals surface area contributed by atoms with Crippen molar-refractivity contribution >= 4 is 5.97 Å². The first-order chi connectivity index (χ1) is 8.51. The van der Waals surface area contributed by atoms with E-state index in [2.05, 4.69) is 11.9 Å². The van der Waals surface area contributed by atoms with Crippen molar-refractivity contribution in [3.05, 3.63) is 0 Å². The van der Waals surface area contributed by atoms with Gasteiger partial charge in [-0.15, -0.1) is 0 Å². The van der Waals surface area contributed by atoms with E-state index in [0.29, 0.717) is 18.9 Å². The van der Waals surface area contributed by atoms with E-state index in [1.807, 2.05) is 0 Å². The van der Waals surface area contributed by atoms with Crippen LogP contribution in [0.1, 0.15) is 51.4 Å². The van der Waals surface area contributed by atoms with Crippen LogP contribution in [0.25, 0.3) is 0 Å². The smallest absolute Gasteiger partial charge is 0.323 e. The van der Waals surface area contributed by atoms with Gasteiger partial charge in [0.1, 0.15) is 5.54 Å². The van der Waals surface area contributed by atoms with Crippen molar-refractivity contribution in [1.82, 2.24) is 4.90 Å². The molecule has 3 N–H and O–H groups in total. The molecule has 0 aromatic rings. The molecule has 0 spiro atoms. The van der Waals surface area contributed by atoms with Gasteiger partial charge in [-0.25, -0.2) is 0 Å². The van der Waals surface area contributed by atoms with Gasteiger partial charge >= 0.3 is 5.97 Å². The van der Waals surface area contributed by atoms with E-state index >= 15 is 0 Å². The maximum atomic E-state index is 11.1. The van der Waals surface area contributed by atoms with Gasteiger partial charge in [-0.05, 0) is 45.1 Å². The Morgan fingerprint density at radius 1 is 1.33 bits per heavy atom. The number of hydrogen-bond acceptors (Lipinski definition) is 3. The average molecular weight is 254 g/mol. The number of aliphatic carboxylic acids is 1. The third kappa shape index (κ3) is 3.04. The largest absolute Gasteiger partial charge is 0.480 e. The molecule has 2 unspecified atom stereocenters. The highest BCUT2D eigenvalue weighted by Gasteiger charge is 2.43. The summed E-state index contributed by atoms with van der Waals surface area (Å²) in [4.78, 5) is 13.5. The maximum absolute atomic E-state index is 11.1. The van der Waals surface area contributed by atoms with Crippen molar-refractivity contribution in [2.24, 2.45) is 11.7 Å². The van der Waals surface area contributed by atoms with E-state index in [-0.39, 0.29) is 0 Å². The quantitative estimate of drug-likeness (QED) is 0.803. The fourth-order valence-electron chi connectivity index (χ4n) is 3.55. The molecular formula is C14H26N2O2. The van der Waals surface area contributed by atoms with Gasteiger partial charge in [-0.1, -0.05) is 19.3 Å². The fourth-order valence-corrected chi connectivity index (χ4v) is 3.55. The lowest BCUT2D eigenvalue weighted by Crippen LogP contribution is -2.47. The Morgan fingerprint density at radius 2 is 2.00 bits per heavy atom. The Hall–Kier alpha value is -0.610. The molecule has 2 fully saturated rings. The summed E-state index contributed by atoms with van der Waals surface area (Å²) in [5, 5.41) is 9.15. The topological polar surface area (TPSA) is 66.6 Å². The number of carboxylic acids is 1. The number of hydrogen-bond donors (Lipinski definition) is 2. The predicted octanol–water partition coefficient (Wildman–Crippen LogP) is 1.83. The molecule has 2 saturated carbocycles. The fraction of sp³-hybridized carbons (Fsp3) is 0.929. The molecule has 2 atom stereocenters. The Morgan fingerprint density at radius 3 is 2.56 bits per heavy atom. The molecule has 0 aliphatic heterocycles. The van der Waals surface area contributed by atoms with Crippen LogP contribution in [0.2, 0.25) is 0 Å². The normalized spacial score (nSPS) is 34.1. The van der Waals surface area contributed by atoms with Crippen molar-refractivity contribution < 1.29 is 9.90 Å². The van der Waals surface area contributed by atoms with Gasteiger partial charge in [-0.3, -0.25) is 4.79 Å². The van der Waals surface area contributed by atoms with Crippen molar-refractivity contribution in [1.29, 1.82) is 0 Å². The summed E-state index contributed by atoms with van der Waals surface area (Å²) in [6.07, 6.45) is 8.92. The number of carbonyl (C=O) groups is 1. The highest BCUT2D eigenvalue weighted by Crippen LogP contribution is 2.32. The minimum Gasteiger partial charge on any atom is -0.480 e. The highest BCUT2D eigenvalue weighted by atomic mass is 16.4. The van der Waals surface area contributed by atoms with Crippen LogP contribution in [0.4, 0.5) is 0 Å². The summed E-state index contributed by atoms with van der Waals surface area (Å²) in [5.41, 5.74) is 4.96. The summed E-state index contributed by atoms with van der Waals surface area (Å²) in [5.74, 6) is -0.0302. The molecule has 0 aromatic heterocycles. The molecule has 2 rings (SSSR count). The highest BCUT2D eigenvalue weighted by molar-refractivity contribution is 5.79. The summed E-state index contributed by atoms with van der Waals surface area (Å²) in [7, 11) is 2.13. The maximum Gasteiger partial charge on any atom is 0.323 e. The second-order valence-corrected chi connectivity index (χ2v) is 6.30. The molecule has 4 heteroatoms. The SMILES string of the molecule is CN(CC1CCCCC1)C1CCC(N)(C(=O)O)C1. The van der Waals surface area contributed by atoms with Gasteiger partial charge < -0.3 is 15.7 Å². The van der Waals surface area contributed by atoms with E-state index in [9.17, 15) is 4.79 Å². The Bertz CT molecular complexity index is 302. The number of nitrogens with zero attached hydrogens (tertiary/aromatic N) is 1. The van der Waals surface area contributed by atoms with Crippen LogP contribution in [0, 0.1) is 5.92 Å². The van der Waals surface area contributed by atoms with Crippen LogP contribution in [-0.2, 0) is 4.79 Å². The van der Waals surface area contributed by atoms with Crippen molar-refractivity contribution in [2.75, 3.05) is 13.6 Å².